The fourth-order valence-electron chi connectivity index (χ4n) is 8.89. The molecule has 0 spiro atoms. The third-order valence-electron chi connectivity index (χ3n) is 10.9. The summed E-state index contributed by atoms with van der Waals surface area (Å²) in [7, 11) is 0. The minimum absolute atomic E-state index is 0.153. The fourth-order valence-corrected chi connectivity index (χ4v) is 8.89. The lowest BCUT2D eigenvalue weighted by Crippen LogP contribution is -2.14. The van der Waals surface area contributed by atoms with E-state index in [0.717, 1.165) is 27.6 Å². The van der Waals surface area contributed by atoms with Crippen LogP contribution in [0.3, 0.4) is 0 Å². The van der Waals surface area contributed by atoms with Gasteiger partial charge in [-0.2, -0.15) is 0 Å². The van der Waals surface area contributed by atoms with Crippen LogP contribution in [0, 0.1) is 0 Å². The molecule has 47 heavy (non-hydrogen) atoms. The van der Waals surface area contributed by atoms with Crippen LogP contribution in [0.2, 0.25) is 0 Å². The molecule has 2 heterocycles. The SMILES string of the molecule is CC1(C)c2ccccc2-c2c1c1cccc(-c3ccc4ccc5cccc6ccc3c4c56)c1n2-c1ccc2c(c1)oc1ccccc12. The molecule has 0 N–H and O–H groups in total. The first kappa shape index (κ1) is 25.3. The highest BCUT2D eigenvalue weighted by Gasteiger charge is 2.41. The van der Waals surface area contributed by atoms with Gasteiger partial charge in [0.2, 0.25) is 0 Å². The van der Waals surface area contributed by atoms with E-state index in [9.17, 15) is 0 Å². The van der Waals surface area contributed by atoms with E-state index >= 15 is 0 Å². The average Bonchev–Trinajstić information content (AvgIpc) is 3.73. The smallest absolute Gasteiger partial charge is 0.137 e. The van der Waals surface area contributed by atoms with Gasteiger partial charge in [0.05, 0.1) is 11.2 Å². The van der Waals surface area contributed by atoms with E-state index in [4.69, 9.17) is 4.42 Å². The van der Waals surface area contributed by atoms with Gasteiger partial charge < -0.3 is 8.98 Å². The number of hydrogen-bond acceptors (Lipinski definition) is 1. The molecule has 2 heteroatoms. The second-order valence-electron chi connectivity index (χ2n) is 13.7. The monoisotopic (exact) mass is 599 g/mol. The Hall–Kier alpha value is -5.86. The maximum Gasteiger partial charge on any atom is 0.137 e. The van der Waals surface area contributed by atoms with Crippen LogP contribution in [0.4, 0.5) is 0 Å². The van der Waals surface area contributed by atoms with Crippen molar-refractivity contribution < 1.29 is 4.42 Å². The average molecular weight is 600 g/mol. The largest absolute Gasteiger partial charge is 0.456 e. The van der Waals surface area contributed by atoms with E-state index in [2.05, 4.69) is 152 Å². The highest BCUT2D eigenvalue weighted by atomic mass is 16.3. The number of hydrogen-bond donors (Lipinski definition) is 0. The quantitative estimate of drug-likeness (QED) is 0.181. The molecule has 2 aromatic heterocycles. The summed E-state index contributed by atoms with van der Waals surface area (Å²) in [6, 6.07) is 51.4. The van der Waals surface area contributed by atoms with Gasteiger partial charge >= 0.3 is 0 Å². The number of fused-ring (bicyclic) bond motifs is 8. The van der Waals surface area contributed by atoms with Gasteiger partial charge in [0.25, 0.3) is 0 Å². The lowest BCUT2D eigenvalue weighted by molar-refractivity contribution is 0.666. The normalized spacial score (nSPS) is 13.9. The van der Waals surface area contributed by atoms with E-state index < -0.39 is 0 Å². The first-order valence-electron chi connectivity index (χ1n) is 16.4. The van der Waals surface area contributed by atoms with Crippen LogP contribution in [0.5, 0.6) is 0 Å². The molecule has 220 valence electrons. The Bertz CT molecular complexity index is 2920. The number of para-hydroxylation sites is 2. The fraction of sp³-hybridized carbons (Fsp3) is 0.0667. The molecule has 8 aromatic carbocycles. The first-order chi connectivity index (χ1) is 23.1. The summed E-state index contributed by atoms with van der Waals surface area (Å²) in [5.74, 6) is 0. The molecule has 0 aliphatic heterocycles. The molecular formula is C45H29NO. The lowest BCUT2D eigenvalue weighted by atomic mass is 9.81. The maximum atomic E-state index is 6.46. The van der Waals surface area contributed by atoms with Crippen molar-refractivity contribution in [3.8, 4) is 28.1 Å². The predicted octanol–water partition coefficient (Wildman–Crippen LogP) is 12.4. The minimum Gasteiger partial charge on any atom is -0.456 e. The Balaban J connectivity index is 1.30. The van der Waals surface area contributed by atoms with E-state index in [1.165, 1.54) is 76.7 Å². The van der Waals surface area contributed by atoms with Crippen LogP contribution in [0.15, 0.2) is 144 Å². The molecule has 0 atom stereocenters. The molecule has 0 saturated carbocycles. The van der Waals surface area contributed by atoms with Crippen molar-refractivity contribution in [2.24, 2.45) is 0 Å². The van der Waals surface area contributed by atoms with Crippen LogP contribution in [0.25, 0.3) is 93.2 Å². The minimum atomic E-state index is -0.153. The topological polar surface area (TPSA) is 18.1 Å². The van der Waals surface area contributed by atoms with Gasteiger partial charge in [-0.25, -0.2) is 0 Å². The summed E-state index contributed by atoms with van der Waals surface area (Å²) in [6.45, 7) is 4.76. The zero-order valence-electron chi connectivity index (χ0n) is 26.1. The van der Waals surface area contributed by atoms with Crippen molar-refractivity contribution in [1.82, 2.24) is 4.57 Å². The molecule has 0 bridgehead atoms. The number of nitrogens with zero attached hydrogens (tertiary/aromatic N) is 1. The van der Waals surface area contributed by atoms with Crippen LogP contribution in [0.1, 0.15) is 25.0 Å². The van der Waals surface area contributed by atoms with Gasteiger partial charge in [-0.05, 0) is 67.2 Å². The van der Waals surface area contributed by atoms with Gasteiger partial charge in [-0.1, -0.05) is 129 Å². The summed E-state index contributed by atoms with van der Waals surface area (Å²) in [6.07, 6.45) is 0. The summed E-state index contributed by atoms with van der Waals surface area (Å²) in [5, 5.41) is 11.4. The Morgan fingerprint density at radius 2 is 1.15 bits per heavy atom. The first-order valence-corrected chi connectivity index (χ1v) is 16.4. The molecule has 0 saturated heterocycles. The van der Waals surface area contributed by atoms with Crippen molar-refractivity contribution >= 4 is 65.2 Å². The van der Waals surface area contributed by atoms with Gasteiger partial charge in [0.15, 0.2) is 0 Å². The Kier molecular flexibility index (Phi) is 4.68. The molecular weight excluding hydrogens is 571 g/mol. The number of rotatable bonds is 2. The standard InChI is InChI=1S/C45H29NO/c1-45(2)37-15-5-3-12-35(37)44-42(45)36-14-8-13-34(30-22-19-28-18-17-26-9-7-10-27-20-23-33(30)41(28)40(26)27)43(36)46(44)29-21-24-32-31-11-4-6-16-38(31)47-39(32)25-29/h3-25H,1-2H3. The van der Waals surface area contributed by atoms with Crippen molar-refractivity contribution in [1.29, 1.82) is 0 Å². The second-order valence-corrected chi connectivity index (χ2v) is 13.7. The van der Waals surface area contributed by atoms with E-state index in [-0.39, 0.29) is 5.41 Å². The van der Waals surface area contributed by atoms with Crippen molar-refractivity contribution in [3.63, 3.8) is 0 Å². The zero-order valence-corrected chi connectivity index (χ0v) is 26.1. The molecule has 1 aliphatic carbocycles. The highest BCUT2D eigenvalue weighted by Crippen LogP contribution is 2.55. The zero-order chi connectivity index (χ0) is 31.0. The Morgan fingerprint density at radius 3 is 2.04 bits per heavy atom. The van der Waals surface area contributed by atoms with Gasteiger partial charge in [0.1, 0.15) is 11.2 Å². The Labute approximate surface area is 271 Å². The van der Waals surface area contributed by atoms with Crippen LogP contribution in [-0.4, -0.2) is 4.57 Å². The van der Waals surface area contributed by atoms with E-state index in [0.29, 0.717) is 0 Å². The van der Waals surface area contributed by atoms with Crippen molar-refractivity contribution in [2.75, 3.05) is 0 Å². The summed E-state index contributed by atoms with van der Waals surface area (Å²) < 4.78 is 8.98. The third kappa shape index (κ3) is 3.15. The molecule has 11 rings (SSSR count). The molecule has 0 amide bonds. The number of benzene rings is 8. The Morgan fingerprint density at radius 1 is 0.489 bits per heavy atom. The molecule has 10 aromatic rings. The van der Waals surface area contributed by atoms with Gasteiger partial charge in [-0.15, -0.1) is 0 Å². The van der Waals surface area contributed by atoms with Crippen molar-refractivity contribution in [2.45, 2.75) is 19.3 Å². The van der Waals surface area contributed by atoms with Crippen molar-refractivity contribution in [3.05, 3.63) is 151 Å². The number of aromatic nitrogens is 1. The summed E-state index contributed by atoms with van der Waals surface area (Å²) in [4.78, 5) is 0. The van der Waals surface area contributed by atoms with Crippen LogP contribution < -0.4 is 0 Å². The van der Waals surface area contributed by atoms with E-state index in [1.807, 2.05) is 6.07 Å². The highest BCUT2D eigenvalue weighted by molar-refractivity contribution is 6.26. The molecule has 1 aliphatic rings. The number of furan rings is 1. The maximum absolute atomic E-state index is 6.46. The van der Waals surface area contributed by atoms with E-state index in [1.54, 1.807) is 0 Å². The summed E-state index contributed by atoms with van der Waals surface area (Å²) in [5.41, 5.74) is 11.9. The molecule has 0 unspecified atom stereocenters. The van der Waals surface area contributed by atoms with Gasteiger partial charge in [0, 0.05) is 44.5 Å². The summed E-state index contributed by atoms with van der Waals surface area (Å²) >= 11 is 0. The van der Waals surface area contributed by atoms with Gasteiger partial charge in [-0.3, -0.25) is 0 Å². The third-order valence-corrected chi connectivity index (χ3v) is 10.9. The molecule has 0 fully saturated rings. The van der Waals surface area contributed by atoms with Crippen LogP contribution >= 0.6 is 0 Å². The predicted molar refractivity (Wildman–Crippen MR) is 197 cm³/mol. The second kappa shape index (κ2) is 8.69. The lowest BCUT2D eigenvalue weighted by Gasteiger charge is -2.22. The van der Waals surface area contributed by atoms with Crippen LogP contribution in [-0.2, 0) is 5.41 Å². The molecule has 2 nitrogen and oxygen atoms in total. The molecule has 0 radical (unpaired) electrons.